The highest BCUT2D eigenvalue weighted by Gasteiger charge is 2.11. The number of oxazole rings is 1. The van der Waals surface area contributed by atoms with E-state index in [2.05, 4.69) is 10.3 Å². The van der Waals surface area contributed by atoms with Crippen molar-refractivity contribution in [2.75, 3.05) is 20.3 Å². The van der Waals surface area contributed by atoms with E-state index in [9.17, 15) is 0 Å². The van der Waals surface area contributed by atoms with E-state index in [1.807, 2.05) is 25.1 Å². The topological polar surface area (TPSA) is 47.3 Å². The number of rotatable bonds is 6. The summed E-state index contributed by atoms with van der Waals surface area (Å²) >= 11 is 6.07. The van der Waals surface area contributed by atoms with Gasteiger partial charge in [-0.15, -0.1) is 0 Å². The number of benzene rings is 1. The van der Waals surface area contributed by atoms with E-state index in [0.29, 0.717) is 18.2 Å². The fourth-order valence-corrected chi connectivity index (χ4v) is 2.17. The molecule has 1 heterocycles. The maximum atomic E-state index is 6.07. The van der Waals surface area contributed by atoms with Crippen molar-refractivity contribution in [1.29, 1.82) is 0 Å². The van der Waals surface area contributed by atoms with Crippen LogP contribution in [0.25, 0.3) is 11.3 Å². The predicted octanol–water partition coefficient (Wildman–Crippen LogP) is 3.04. The van der Waals surface area contributed by atoms with Crippen molar-refractivity contribution < 1.29 is 9.15 Å². The molecule has 0 aliphatic heterocycles. The minimum atomic E-state index is 0.640. The summed E-state index contributed by atoms with van der Waals surface area (Å²) in [6, 6.07) is 5.83. The Kier molecular flexibility index (Phi) is 4.96. The minimum Gasteiger partial charge on any atom is -0.443 e. The molecule has 102 valence electrons. The van der Waals surface area contributed by atoms with Gasteiger partial charge in [0.15, 0.2) is 12.2 Å². The van der Waals surface area contributed by atoms with Gasteiger partial charge in [0.1, 0.15) is 5.69 Å². The summed E-state index contributed by atoms with van der Waals surface area (Å²) in [6.07, 6.45) is 1.46. The Bertz CT molecular complexity index is 520. The highest BCUT2D eigenvalue weighted by atomic mass is 35.5. The summed E-state index contributed by atoms with van der Waals surface area (Å²) in [5.74, 6) is 0.760. The van der Waals surface area contributed by atoms with Gasteiger partial charge in [-0.1, -0.05) is 11.6 Å². The minimum absolute atomic E-state index is 0.640. The average Bonchev–Trinajstić information content (AvgIpc) is 2.82. The van der Waals surface area contributed by atoms with E-state index in [1.54, 1.807) is 7.11 Å². The highest BCUT2D eigenvalue weighted by molar-refractivity contribution is 6.30. The van der Waals surface area contributed by atoms with Crippen molar-refractivity contribution in [3.63, 3.8) is 0 Å². The van der Waals surface area contributed by atoms with Crippen LogP contribution in [-0.2, 0) is 11.3 Å². The predicted molar refractivity (Wildman–Crippen MR) is 75.3 cm³/mol. The third-order valence-corrected chi connectivity index (χ3v) is 2.94. The first-order valence-electron chi connectivity index (χ1n) is 6.10. The molecule has 0 saturated heterocycles. The van der Waals surface area contributed by atoms with E-state index in [4.69, 9.17) is 20.8 Å². The Labute approximate surface area is 117 Å². The van der Waals surface area contributed by atoms with Gasteiger partial charge in [0.25, 0.3) is 0 Å². The van der Waals surface area contributed by atoms with Gasteiger partial charge in [-0.05, 0) is 30.7 Å². The summed E-state index contributed by atoms with van der Waals surface area (Å²) in [5.41, 5.74) is 2.92. The van der Waals surface area contributed by atoms with Crippen LogP contribution in [-0.4, -0.2) is 25.2 Å². The standard InChI is InChI=1S/C14H17ClN2O2/c1-10-5-11(7-12(15)6-10)14-13(17-9-19-14)8-16-3-4-18-2/h5-7,9,16H,3-4,8H2,1-2H3. The first-order chi connectivity index (χ1) is 9.20. The van der Waals surface area contributed by atoms with Crippen molar-refractivity contribution in [1.82, 2.24) is 10.3 Å². The van der Waals surface area contributed by atoms with Crippen LogP contribution in [0.4, 0.5) is 0 Å². The molecule has 0 fully saturated rings. The highest BCUT2D eigenvalue weighted by Crippen LogP contribution is 2.27. The summed E-state index contributed by atoms with van der Waals surface area (Å²) in [5, 5.41) is 3.95. The van der Waals surface area contributed by atoms with E-state index >= 15 is 0 Å². The zero-order chi connectivity index (χ0) is 13.7. The van der Waals surface area contributed by atoms with Crippen molar-refractivity contribution in [2.45, 2.75) is 13.5 Å². The van der Waals surface area contributed by atoms with Gasteiger partial charge in [0.05, 0.1) is 6.61 Å². The molecule has 0 amide bonds. The van der Waals surface area contributed by atoms with Crippen molar-refractivity contribution >= 4 is 11.6 Å². The molecule has 2 aromatic rings. The van der Waals surface area contributed by atoms with Gasteiger partial charge in [0, 0.05) is 30.8 Å². The van der Waals surface area contributed by atoms with Crippen LogP contribution < -0.4 is 5.32 Å². The van der Waals surface area contributed by atoms with Crippen LogP contribution in [0.1, 0.15) is 11.3 Å². The number of methoxy groups -OCH3 is 1. The Hall–Kier alpha value is -1.36. The summed E-state index contributed by atoms with van der Waals surface area (Å²) in [6.45, 7) is 4.09. The quantitative estimate of drug-likeness (QED) is 0.826. The first-order valence-corrected chi connectivity index (χ1v) is 6.48. The van der Waals surface area contributed by atoms with Crippen molar-refractivity contribution in [2.24, 2.45) is 0 Å². The van der Waals surface area contributed by atoms with Gasteiger partial charge >= 0.3 is 0 Å². The second-order valence-electron chi connectivity index (χ2n) is 4.32. The van der Waals surface area contributed by atoms with Crippen molar-refractivity contribution in [3.8, 4) is 11.3 Å². The maximum absolute atomic E-state index is 6.07. The average molecular weight is 281 g/mol. The van der Waals surface area contributed by atoms with E-state index < -0.39 is 0 Å². The van der Waals surface area contributed by atoms with Gasteiger partial charge in [-0.25, -0.2) is 4.98 Å². The first kappa shape index (κ1) is 14.1. The lowest BCUT2D eigenvalue weighted by Gasteiger charge is -2.05. The van der Waals surface area contributed by atoms with Crippen LogP contribution in [0.3, 0.4) is 0 Å². The van der Waals surface area contributed by atoms with Crippen LogP contribution in [0, 0.1) is 6.92 Å². The molecule has 0 aliphatic carbocycles. The molecular weight excluding hydrogens is 264 g/mol. The number of aromatic nitrogens is 1. The molecule has 0 atom stereocenters. The molecule has 19 heavy (non-hydrogen) atoms. The van der Waals surface area contributed by atoms with Gasteiger partial charge < -0.3 is 14.5 Å². The molecule has 1 N–H and O–H groups in total. The van der Waals surface area contributed by atoms with Gasteiger partial charge in [0.2, 0.25) is 0 Å². The molecule has 0 spiro atoms. The second-order valence-corrected chi connectivity index (χ2v) is 4.75. The molecule has 0 aliphatic rings. The molecule has 0 unspecified atom stereocenters. The smallest absolute Gasteiger partial charge is 0.181 e. The number of hydrogen-bond donors (Lipinski definition) is 1. The van der Waals surface area contributed by atoms with Crippen molar-refractivity contribution in [3.05, 3.63) is 40.9 Å². The number of ether oxygens (including phenoxy) is 1. The third kappa shape index (κ3) is 3.80. The Balaban J connectivity index is 2.14. The molecule has 0 bridgehead atoms. The van der Waals surface area contributed by atoms with E-state index in [-0.39, 0.29) is 0 Å². The van der Waals surface area contributed by atoms with Gasteiger partial charge in [-0.3, -0.25) is 0 Å². The lowest BCUT2D eigenvalue weighted by Crippen LogP contribution is -2.19. The summed E-state index contributed by atoms with van der Waals surface area (Å²) < 4.78 is 10.5. The molecule has 1 aromatic heterocycles. The molecule has 1 aromatic carbocycles. The Morgan fingerprint density at radius 1 is 1.37 bits per heavy atom. The SMILES string of the molecule is COCCNCc1ncoc1-c1cc(C)cc(Cl)c1. The number of halogens is 1. The zero-order valence-corrected chi connectivity index (χ0v) is 11.8. The fourth-order valence-electron chi connectivity index (χ4n) is 1.88. The fraction of sp³-hybridized carbons (Fsp3) is 0.357. The monoisotopic (exact) mass is 280 g/mol. The molecule has 5 heteroatoms. The normalized spacial score (nSPS) is 10.9. The largest absolute Gasteiger partial charge is 0.443 e. The molecule has 4 nitrogen and oxygen atoms in total. The molecule has 2 rings (SSSR count). The zero-order valence-electron chi connectivity index (χ0n) is 11.1. The number of nitrogens with zero attached hydrogens (tertiary/aromatic N) is 1. The second kappa shape index (κ2) is 6.70. The van der Waals surface area contributed by atoms with Gasteiger partial charge in [-0.2, -0.15) is 0 Å². The Morgan fingerprint density at radius 2 is 2.21 bits per heavy atom. The van der Waals surface area contributed by atoms with E-state index in [1.165, 1.54) is 6.39 Å². The summed E-state index contributed by atoms with van der Waals surface area (Å²) in [7, 11) is 1.68. The Morgan fingerprint density at radius 3 is 2.95 bits per heavy atom. The van der Waals surface area contributed by atoms with Crippen LogP contribution in [0.5, 0.6) is 0 Å². The van der Waals surface area contributed by atoms with Crippen LogP contribution in [0.15, 0.2) is 29.0 Å². The van der Waals surface area contributed by atoms with Crippen LogP contribution >= 0.6 is 11.6 Å². The lowest BCUT2D eigenvalue weighted by molar-refractivity contribution is 0.199. The molecular formula is C14H17ClN2O2. The number of aryl methyl sites for hydroxylation is 1. The number of nitrogens with one attached hydrogen (secondary N) is 1. The molecule has 0 saturated carbocycles. The summed E-state index contributed by atoms with van der Waals surface area (Å²) in [4.78, 5) is 4.24. The van der Waals surface area contributed by atoms with E-state index in [0.717, 1.165) is 29.1 Å². The molecule has 0 radical (unpaired) electrons. The maximum Gasteiger partial charge on any atom is 0.181 e. The third-order valence-electron chi connectivity index (χ3n) is 2.72. The van der Waals surface area contributed by atoms with Crippen LogP contribution in [0.2, 0.25) is 5.02 Å². The lowest BCUT2D eigenvalue weighted by atomic mass is 10.1. The number of hydrogen-bond acceptors (Lipinski definition) is 4.